The van der Waals surface area contributed by atoms with Crippen LogP contribution in [-0.2, 0) is 11.3 Å². The number of thiazole rings is 1. The third kappa shape index (κ3) is 3.31. The van der Waals surface area contributed by atoms with Crippen LogP contribution in [0.5, 0.6) is 0 Å². The highest BCUT2D eigenvalue weighted by Crippen LogP contribution is 2.33. The van der Waals surface area contributed by atoms with Gasteiger partial charge in [0.2, 0.25) is 5.91 Å². The van der Waals surface area contributed by atoms with Crippen molar-refractivity contribution in [3.8, 4) is 0 Å². The van der Waals surface area contributed by atoms with Crippen molar-refractivity contribution in [3.05, 3.63) is 16.6 Å². The second kappa shape index (κ2) is 6.89. The molecule has 0 radical (unpaired) electrons. The monoisotopic (exact) mass is 333 g/mol. The van der Waals surface area contributed by atoms with Gasteiger partial charge >= 0.3 is 0 Å². The van der Waals surface area contributed by atoms with Crippen molar-refractivity contribution in [3.63, 3.8) is 0 Å². The van der Waals surface area contributed by atoms with E-state index < -0.39 is 0 Å². The maximum Gasteiger partial charge on any atom is 0.227 e. The van der Waals surface area contributed by atoms with Crippen molar-refractivity contribution in [2.45, 2.75) is 70.0 Å². The van der Waals surface area contributed by atoms with E-state index in [1.807, 2.05) is 5.51 Å². The normalized spacial score (nSPS) is 30.4. The van der Waals surface area contributed by atoms with Crippen LogP contribution in [-0.4, -0.2) is 45.9 Å². The fraction of sp³-hybridized carbons (Fsp3) is 0.778. The molecule has 1 amide bonds. The molecule has 126 valence electrons. The summed E-state index contributed by atoms with van der Waals surface area (Å²) in [5.74, 6) is 0.598. The fourth-order valence-corrected chi connectivity index (χ4v) is 5.24. The number of piperidine rings is 1. The Morgan fingerprint density at radius 2 is 1.87 bits per heavy atom. The summed E-state index contributed by atoms with van der Waals surface area (Å²) in [4.78, 5) is 22.1. The Labute approximate surface area is 142 Å². The summed E-state index contributed by atoms with van der Waals surface area (Å²) in [6.45, 7) is 2.78. The van der Waals surface area contributed by atoms with E-state index in [0.717, 1.165) is 25.2 Å². The summed E-state index contributed by atoms with van der Waals surface area (Å²) in [5, 5.41) is 2.08. The molecule has 1 aromatic heterocycles. The van der Waals surface area contributed by atoms with Gasteiger partial charge in [-0.2, -0.15) is 0 Å². The fourth-order valence-electron chi connectivity index (χ4n) is 4.69. The molecule has 0 aromatic carbocycles. The first-order valence-corrected chi connectivity index (χ1v) is 10.2. The smallest absolute Gasteiger partial charge is 0.227 e. The number of fused-ring (bicyclic) bond motifs is 4. The molecule has 4 heterocycles. The molecule has 4 aliphatic rings. The summed E-state index contributed by atoms with van der Waals surface area (Å²) >= 11 is 1.62. The molecule has 1 aliphatic carbocycles. The van der Waals surface area contributed by atoms with E-state index in [9.17, 15) is 4.79 Å². The van der Waals surface area contributed by atoms with Crippen molar-refractivity contribution in [2.24, 2.45) is 5.92 Å². The van der Waals surface area contributed by atoms with Crippen LogP contribution in [0.25, 0.3) is 0 Å². The van der Waals surface area contributed by atoms with Crippen molar-refractivity contribution >= 4 is 17.2 Å². The topological polar surface area (TPSA) is 36.4 Å². The first kappa shape index (κ1) is 15.6. The molecule has 4 nitrogen and oxygen atoms in total. The average molecular weight is 334 g/mol. The molecule has 2 atom stereocenters. The second-order valence-electron chi connectivity index (χ2n) is 7.47. The minimum absolute atomic E-state index is 0.218. The van der Waals surface area contributed by atoms with Gasteiger partial charge in [-0.25, -0.2) is 4.98 Å². The Morgan fingerprint density at radius 3 is 2.61 bits per heavy atom. The molecule has 3 aliphatic heterocycles. The van der Waals surface area contributed by atoms with Crippen LogP contribution in [0.3, 0.4) is 0 Å². The number of aromatic nitrogens is 1. The highest BCUT2D eigenvalue weighted by molar-refractivity contribution is 7.07. The van der Waals surface area contributed by atoms with E-state index in [1.165, 1.54) is 44.9 Å². The largest absolute Gasteiger partial charge is 0.332 e. The number of carbonyl (C=O) groups is 1. The summed E-state index contributed by atoms with van der Waals surface area (Å²) in [5.41, 5.74) is 2.92. The van der Waals surface area contributed by atoms with E-state index in [1.54, 1.807) is 11.3 Å². The van der Waals surface area contributed by atoms with Gasteiger partial charge in [-0.1, -0.05) is 25.7 Å². The molecule has 1 aromatic rings. The maximum atomic E-state index is 12.9. The molecule has 5 rings (SSSR count). The van der Waals surface area contributed by atoms with Crippen molar-refractivity contribution in [1.82, 2.24) is 14.8 Å². The highest BCUT2D eigenvalue weighted by atomic mass is 32.1. The zero-order valence-corrected chi connectivity index (χ0v) is 14.6. The number of hydrogen-bond donors (Lipinski definition) is 0. The van der Waals surface area contributed by atoms with E-state index >= 15 is 0 Å². The van der Waals surface area contributed by atoms with Crippen LogP contribution < -0.4 is 0 Å². The molecular formula is C18H27N3OS. The molecule has 1 saturated carbocycles. The Bertz CT molecular complexity index is 524. The second-order valence-corrected chi connectivity index (χ2v) is 8.19. The number of rotatable bonds is 3. The van der Waals surface area contributed by atoms with Crippen LogP contribution in [0.2, 0.25) is 0 Å². The van der Waals surface area contributed by atoms with Gasteiger partial charge in [0.05, 0.1) is 23.7 Å². The standard InChI is InChI=1S/C18H27N3OS/c22-18-14-7-8-17(21(18)10-15-12-23-13-19-15)11-20(9-14)16-5-3-1-2-4-6-16/h12-14,16-17H,1-11H2/t14-,17+/m1/s1. The lowest BCUT2D eigenvalue weighted by atomic mass is 9.94. The summed E-state index contributed by atoms with van der Waals surface area (Å²) in [6, 6.07) is 1.11. The Hall–Kier alpha value is -0.940. The molecule has 2 bridgehead atoms. The quantitative estimate of drug-likeness (QED) is 0.797. The zero-order valence-electron chi connectivity index (χ0n) is 13.8. The average Bonchev–Trinajstić information content (AvgIpc) is 2.77. The minimum atomic E-state index is 0.218. The van der Waals surface area contributed by atoms with Gasteiger partial charge in [-0.05, 0) is 25.7 Å². The van der Waals surface area contributed by atoms with Crippen LogP contribution in [0, 0.1) is 5.92 Å². The Morgan fingerprint density at radius 1 is 1.04 bits per heavy atom. The third-order valence-electron chi connectivity index (χ3n) is 5.98. The predicted molar refractivity (Wildman–Crippen MR) is 92.2 cm³/mol. The van der Waals surface area contributed by atoms with Crippen LogP contribution in [0.15, 0.2) is 10.9 Å². The van der Waals surface area contributed by atoms with Gasteiger partial charge in [-0.15, -0.1) is 11.3 Å². The molecule has 0 spiro atoms. The molecular weight excluding hydrogens is 306 g/mol. The van der Waals surface area contributed by atoms with Gasteiger partial charge in [0.1, 0.15) is 0 Å². The van der Waals surface area contributed by atoms with Gasteiger partial charge in [0, 0.05) is 30.6 Å². The molecule has 0 N–H and O–H groups in total. The number of carbonyl (C=O) groups excluding carboxylic acids is 1. The van der Waals surface area contributed by atoms with Crippen LogP contribution in [0.1, 0.15) is 57.1 Å². The molecule has 5 heteroatoms. The molecule has 23 heavy (non-hydrogen) atoms. The Balaban J connectivity index is 1.49. The lowest BCUT2D eigenvalue weighted by Crippen LogP contribution is -2.47. The van der Waals surface area contributed by atoms with Crippen molar-refractivity contribution < 1.29 is 4.79 Å². The first-order chi connectivity index (χ1) is 11.3. The first-order valence-electron chi connectivity index (χ1n) is 9.23. The molecule has 3 saturated heterocycles. The van der Waals surface area contributed by atoms with Gasteiger partial charge in [0.25, 0.3) is 0 Å². The minimum Gasteiger partial charge on any atom is -0.332 e. The number of nitrogens with zero attached hydrogens (tertiary/aromatic N) is 3. The summed E-state index contributed by atoms with van der Waals surface area (Å²) < 4.78 is 0. The van der Waals surface area contributed by atoms with E-state index in [-0.39, 0.29) is 5.92 Å². The lowest BCUT2D eigenvalue weighted by Gasteiger charge is -2.36. The third-order valence-corrected chi connectivity index (χ3v) is 6.61. The maximum absolute atomic E-state index is 12.9. The molecule has 0 unspecified atom stereocenters. The van der Waals surface area contributed by atoms with E-state index in [0.29, 0.717) is 24.5 Å². The summed E-state index contributed by atoms with van der Waals surface area (Å²) in [7, 11) is 0. The predicted octanol–water partition coefficient (Wildman–Crippen LogP) is 3.29. The van der Waals surface area contributed by atoms with Crippen molar-refractivity contribution in [1.29, 1.82) is 0 Å². The summed E-state index contributed by atoms with van der Waals surface area (Å²) in [6.07, 6.45) is 10.4. The van der Waals surface area contributed by atoms with Gasteiger partial charge in [-0.3, -0.25) is 9.69 Å². The lowest BCUT2D eigenvalue weighted by molar-refractivity contribution is -0.140. The van der Waals surface area contributed by atoms with Gasteiger partial charge < -0.3 is 4.90 Å². The Kier molecular flexibility index (Phi) is 4.67. The number of amides is 1. The van der Waals surface area contributed by atoms with E-state index in [2.05, 4.69) is 20.2 Å². The number of hydrogen-bond acceptors (Lipinski definition) is 4. The van der Waals surface area contributed by atoms with Gasteiger partial charge in [0.15, 0.2) is 0 Å². The van der Waals surface area contributed by atoms with Crippen LogP contribution >= 0.6 is 11.3 Å². The molecule has 4 fully saturated rings. The SMILES string of the molecule is O=C1[C@@H]2CC[C@@H](CN(C3CCCCCC3)C2)N1Cc1cscn1. The highest BCUT2D eigenvalue weighted by Gasteiger charge is 2.42. The van der Waals surface area contributed by atoms with E-state index in [4.69, 9.17) is 0 Å². The van der Waals surface area contributed by atoms with Crippen molar-refractivity contribution in [2.75, 3.05) is 13.1 Å². The van der Waals surface area contributed by atoms with Crippen LogP contribution in [0.4, 0.5) is 0 Å². The zero-order chi connectivity index (χ0) is 15.6.